The van der Waals surface area contributed by atoms with Gasteiger partial charge in [0.15, 0.2) is 5.82 Å². The Kier molecular flexibility index (Phi) is 7.67. The second kappa shape index (κ2) is 11.3. The monoisotopic (exact) mass is 543 g/mol. The van der Waals surface area contributed by atoms with Gasteiger partial charge in [0, 0.05) is 43.9 Å². The molecule has 0 unspecified atom stereocenters. The van der Waals surface area contributed by atoms with E-state index < -0.39 is 22.8 Å². The first-order valence-corrected chi connectivity index (χ1v) is 12.5. The summed E-state index contributed by atoms with van der Waals surface area (Å²) in [5.41, 5.74) is -0.980. The van der Waals surface area contributed by atoms with Crippen molar-refractivity contribution in [1.29, 1.82) is 0 Å². The number of anilines is 2. The first-order valence-electron chi connectivity index (χ1n) is 11.8. The number of para-hydroxylation sites is 1. The maximum Gasteiger partial charge on any atom is 0.260 e. The van der Waals surface area contributed by atoms with E-state index in [9.17, 15) is 13.7 Å². The summed E-state index contributed by atoms with van der Waals surface area (Å²) in [5.74, 6) is -0.791. The van der Waals surface area contributed by atoms with Crippen molar-refractivity contribution >= 4 is 34.8 Å². The molecule has 0 atom stereocenters. The molecule has 2 aromatic carbocycles. The Morgan fingerprint density at radius 3 is 2.71 bits per heavy atom. The number of benzene rings is 2. The molecule has 0 saturated carbocycles. The van der Waals surface area contributed by atoms with Gasteiger partial charge in [-0.25, -0.2) is 18.1 Å². The van der Waals surface area contributed by atoms with Gasteiger partial charge in [-0.05, 0) is 30.3 Å². The number of hydrogen-bond acceptors (Lipinski definition) is 9. The zero-order chi connectivity index (χ0) is 26.6. The van der Waals surface area contributed by atoms with Crippen LogP contribution >= 0.6 is 12.1 Å². The van der Waals surface area contributed by atoms with Crippen LogP contribution < -0.4 is 20.3 Å². The first kappa shape index (κ1) is 25.8. The lowest BCUT2D eigenvalue weighted by atomic mass is 10.0. The molecule has 0 bridgehead atoms. The Hall–Kier alpha value is -3.81. The van der Waals surface area contributed by atoms with E-state index in [4.69, 9.17) is 4.74 Å². The number of aromatic nitrogens is 3. The predicted molar refractivity (Wildman–Crippen MR) is 141 cm³/mol. The molecule has 13 heteroatoms. The number of nitrogens with zero attached hydrogens (tertiary/aromatic N) is 5. The molecule has 3 heterocycles. The standard InChI is InChI=1S/C25H24F3N7O2S/c1-33-23-16(14-30-25(31-23)29-9-12-37-17-5-3-2-4-6-17)13-18(24(33)36)21-19(26)7-8-20(22(21)27)32-38-35-11-10-34(28)15-35/h2-8,13-14,32H,9-12,15H2,1H3,(H,29,30,31). The topological polar surface area (TPSA) is 87.6 Å². The summed E-state index contributed by atoms with van der Waals surface area (Å²) < 4.78 is 54.8. The lowest BCUT2D eigenvalue weighted by Gasteiger charge is -2.16. The molecule has 9 nitrogen and oxygen atoms in total. The normalized spacial score (nSPS) is 14.2. The highest BCUT2D eigenvalue weighted by Crippen LogP contribution is 2.32. The zero-order valence-corrected chi connectivity index (χ0v) is 21.1. The molecule has 2 aromatic heterocycles. The third-order valence-electron chi connectivity index (χ3n) is 5.89. The van der Waals surface area contributed by atoms with Crippen LogP contribution in [0.3, 0.4) is 0 Å². The molecule has 38 heavy (non-hydrogen) atoms. The van der Waals surface area contributed by atoms with Crippen LogP contribution in [0.15, 0.2) is 59.5 Å². The Morgan fingerprint density at radius 1 is 1.13 bits per heavy atom. The van der Waals surface area contributed by atoms with E-state index in [1.165, 1.54) is 29.9 Å². The van der Waals surface area contributed by atoms with Crippen molar-refractivity contribution in [1.82, 2.24) is 24.0 Å². The number of rotatable bonds is 9. The third kappa shape index (κ3) is 5.54. The van der Waals surface area contributed by atoms with Gasteiger partial charge < -0.3 is 14.8 Å². The van der Waals surface area contributed by atoms with Crippen LogP contribution in [0.2, 0.25) is 0 Å². The van der Waals surface area contributed by atoms with Crippen molar-refractivity contribution in [3.05, 3.63) is 76.7 Å². The molecule has 4 aromatic rings. The number of ether oxygens (including phenoxy) is 1. The average Bonchev–Trinajstić information content (AvgIpc) is 3.34. The van der Waals surface area contributed by atoms with Crippen LogP contribution in [0.5, 0.6) is 5.75 Å². The van der Waals surface area contributed by atoms with Crippen LogP contribution in [-0.4, -0.2) is 56.9 Å². The molecule has 2 N–H and O–H groups in total. The molecule has 5 rings (SSSR count). The Bertz CT molecular complexity index is 1510. The van der Waals surface area contributed by atoms with Crippen LogP contribution in [0.4, 0.5) is 24.9 Å². The minimum Gasteiger partial charge on any atom is -0.492 e. The zero-order valence-electron chi connectivity index (χ0n) is 20.3. The van der Waals surface area contributed by atoms with Gasteiger partial charge in [-0.2, -0.15) is 4.98 Å². The molecular formula is C25H24F3N7O2S. The van der Waals surface area contributed by atoms with Gasteiger partial charge in [0.1, 0.15) is 23.8 Å². The first-order chi connectivity index (χ1) is 18.4. The van der Waals surface area contributed by atoms with Crippen molar-refractivity contribution in [3.8, 4) is 16.9 Å². The SMILES string of the molecule is Cn1c(=O)c(-c2c(F)ccc(NSN3CCN(F)C3)c2F)cc2cnc(NCCOc3ccccc3)nc21. The van der Waals surface area contributed by atoms with E-state index in [1.54, 1.807) is 4.31 Å². The van der Waals surface area contributed by atoms with E-state index in [1.807, 2.05) is 30.3 Å². The fourth-order valence-electron chi connectivity index (χ4n) is 3.96. The highest BCUT2D eigenvalue weighted by atomic mass is 32.2. The van der Waals surface area contributed by atoms with Gasteiger partial charge in [0.25, 0.3) is 5.56 Å². The highest BCUT2D eigenvalue weighted by molar-refractivity contribution is 7.98. The molecule has 0 spiro atoms. The van der Waals surface area contributed by atoms with Gasteiger partial charge >= 0.3 is 0 Å². The van der Waals surface area contributed by atoms with Crippen LogP contribution in [-0.2, 0) is 7.05 Å². The Labute approximate surface area is 220 Å². The molecule has 0 radical (unpaired) electrons. The number of halogens is 3. The van der Waals surface area contributed by atoms with E-state index in [0.29, 0.717) is 35.9 Å². The van der Waals surface area contributed by atoms with Crippen LogP contribution in [0.1, 0.15) is 0 Å². The van der Waals surface area contributed by atoms with Crippen molar-refractivity contribution in [2.75, 3.05) is 42.9 Å². The van der Waals surface area contributed by atoms with Crippen molar-refractivity contribution in [2.45, 2.75) is 0 Å². The quantitative estimate of drug-likeness (QED) is 0.183. The summed E-state index contributed by atoms with van der Waals surface area (Å²) in [5, 5.41) is 4.10. The second-order valence-corrected chi connectivity index (χ2v) is 9.40. The van der Waals surface area contributed by atoms with Crippen molar-refractivity contribution in [2.24, 2.45) is 7.05 Å². The van der Waals surface area contributed by atoms with Crippen molar-refractivity contribution < 1.29 is 18.0 Å². The number of aryl methyl sites for hydroxylation is 1. The molecule has 1 saturated heterocycles. The average molecular weight is 544 g/mol. The summed E-state index contributed by atoms with van der Waals surface area (Å²) in [4.78, 5) is 21.8. The van der Waals surface area contributed by atoms with E-state index in [2.05, 4.69) is 20.0 Å². The molecule has 1 fully saturated rings. The minimum atomic E-state index is -0.928. The largest absolute Gasteiger partial charge is 0.492 e. The summed E-state index contributed by atoms with van der Waals surface area (Å²) in [6.07, 6.45) is 1.48. The maximum atomic E-state index is 15.4. The van der Waals surface area contributed by atoms with Crippen LogP contribution in [0.25, 0.3) is 22.2 Å². The summed E-state index contributed by atoms with van der Waals surface area (Å²) >= 11 is 1.00. The maximum absolute atomic E-state index is 15.4. The fraction of sp³-hybridized carbons (Fsp3) is 0.240. The molecule has 1 aliphatic rings. The molecular weight excluding hydrogens is 519 g/mol. The molecule has 198 valence electrons. The van der Waals surface area contributed by atoms with Crippen LogP contribution in [0, 0.1) is 11.6 Å². The lowest BCUT2D eigenvalue weighted by molar-refractivity contribution is 0.0476. The number of nitrogens with one attached hydrogen (secondary N) is 2. The highest BCUT2D eigenvalue weighted by Gasteiger charge is 2.23. The molecule has 1 aliphatic heterocycles. The van der Waals surface area contributed by atoms with Crippen molar-refractivity contribution in [3.63, 3.8) is 0 Å². The predicted octanol–water partition coefficient (Wildman–Crippen LogP) is 4.20. The Morgan fingerprint density at radius 2 is 1.95 bits per heavy atom. The smallest absolute Gasteiger partial charge is 0.260 e. The molecule has 0 amide bonds. The summed E-state index contributed by atoms with van der Waals surface area (Å²) in [7, 11) is 1.48. The molecule has 0 aliphatic carbocycles. The summed E-state index contributed by atoms with van der Waals surface area (Å²) in [6.45, 7) is 1.51. The number of fused-ring (bicyclic) bond motifs is 1. The van der Waals surface area contributed by atoms with Gasteiger partial charge in [-0.1, -0.05) is 18.2 Å². The van der Waals surface area contributed by atoms with Gasteiger partial charge in [-0.15, -0.1) is 9.60 Å². The number of hydrogen-bond donors (Lipinski definition) is 2. The van der Waals surface area contributed by atoms with E-state index in [-0.39, 0.29) is 30.4 Å². The van der Waals surface area contributed by atoms with Gasteiger partial charge in [-0.3, -0.25) is 9.36 Å². The minimum absolute atomic E-state index is 0.0284. The van der Waals surface area contributed by atoms with E-state index in [0.717, 1.165) is 23.9 Å². The fourth-order valence-corrected chi connectivity index (χ4v) is 4.70. The second-order valence-electron chi connectivity index (χ2n) is 8.49. The number of pyridine rings is 1. The van der Waals surface area contributed by atoms with Gasteiger partial charge in [0.2, 0.25) is 5.95 Å². The van der Waals surface area contributed by atoms with E-state index >= 15 is 4.39 Å². The Balaban J connectivity index is 1.36. The van der Waals surface area contributed by atoms with Gasteiger partial charge in [0.05, 0.1) is 30.0 Å². The third-order valence-corrected chi connectivity index (χ3v) is 6.76. The lowest BCUT2D eigenvalue weighted by Crippen LogP contribution is -2.21. The summed E-state index contributed by atoms with van der Waals surface area (Å²) in [6, 6.07) is 13.0.